The Hall–Kier alpha value is -0.810. The first-order valence-electron chi connectivity index (χ1n) is 3.52. The van der Waals surface area contributed by atoms with Gasteiger partial charge in [-0.3, -0.25) is 0 Å². The molecule has 0 aromatic heterocycles. The molecule has 0 saturated carbocycles. The van der Waals surface area contributed by atoms with Crippen LogP contribution in [0.3, 0.4) is 0 Å². The minimum absolute atomic E-state index is 0.681. The Balaban J connectivity index is 3.14. The van der Waals surface area contributed by atoms with Crippen molar-refractivity contribution >= 4 is 11.6 Å². The van der Waals surface area contributed by atoms with E-state index in [1.165, 1.54) is 0 Å². The fraction of sp³-hybridized carbons (Fsp3) is 0.250. The molecule has 1 aromatic rings. The van der Waals surface area contributed by atoms with Gasteiger partial charge in [0.25, 0.3) is 0 Å². The van der Waals surface area contributed by atoms with Crippen molar-refractivity contribution in [1.29, 1.82) is 0 Å². The van der Waals surface area contributed by atoms with E-state index in [1.54, 1.807) is 0 Å². The van der Waals surface area contributed by atoms with Crippen LogP contribution >= 0.6 is 11.6 Å². The van der Waals surface area contributed by atoms with Gasteiger partial charge >= 0.3 is 6.18 Å². The molecule has 0 saturated heterocycles. The lowest BCUT2D eigenvalue weighted by Crippen LogP contribution is -2.20. The van der Waals surface area contributed by atoms with E-state index in [2.05, 4.69) is 0 Å². The van der Waals surface area contributed by atoms with Crippen molar-refractivity contribution in [2.75, 3.05) is 0 Å². The predicted octanol–water partition coefficient (Wildman–Crippen LogP) is 3.07. The molecule has 1 N–H and O–H groups in total. The average molecular weight is 229 g/mol. The molecule has 0 spiro atoms. The van der Waals surface area contributed by atoms with Gasteiger partial charge < -0.3 is 5.11 Å². The molecule has 0 radical (unpaired) electrons. The van der Waals surface area contributed by atoms with Gasteiger partial charge in [-0.1, -0.05) is 23.7 Å². The van der Waals surface area contributed by atoms with Gasteiger partial charge in [0, 0.05) is 5.56 Å². The number of alkyl halides is 3. The van der Waals surface area contributed by atoms with Gasteiger partial charge in [-0.2, -0.15) is 13.2 Å². The number of aliphatic hydroxyl groups is 1. The molecule has 1 nitrogen and oxygen atoms in total. The van der Waals surface area contributed by atoms with E-state index >= 15 is 0 Å². The van der Waals surface area contributed by atoms with Crippen LogP contribution in [-0.4, -0.2) is 11.3 Å². The van der Waals surface area contributed by atoms with Crippen LogP contribution < -0.4 is 0 Å². The maximum atomic E-state index is 12.7. The first kappa shape index (κ1) is 11.3. The van der Waals surface area contributed by atoms with Crippen molar-refractivity contribution < 1.29 is 22.7 Å². The average Bonchev–Trinajstić information content (AvgIpc) is 2.07. The summed E-state index contributed by atoms with van der Waals surface area (Å²) in [6.45, 7) is 0. The standard InChI is InChI=1S/C8H5ClF4O/c9-6-4(2-1-3-5(6)10)7(14)8(11,12)13/h1-3,7,14H. The Labute approximate surface area is 81.9 Å². The summed E-state index contributed by atoms with van der Waals surface area (Å²) in [5.74, 6) is -0.993. The zero-order valence-electron chi connectivity index (χ0n) is 6.65. The number of hydrogen-bond donors (Lipinski definition) is 1. The van der Waals surface area contributed by atoms with Gasteiger partial charge in [0.15, 0.2) is 6.10 Å². The van der Waals surface area contributed by atoms with Crippen molar-refractivity contribution in [3.8, 4) is 0 Å². The predicted molar refractivity (Wildman–Crippen MR) is 42.4 cm³/mol. The minimum Gasteiger partial charge on any atom is -0.379 e. The Morgan fingerprint density at radius 2 is 1.86 bits per heavy atom. The number of halogens is 5. The van der Waals surface area contributed by atoms with Crippen LogP contribution in [0.4, 0.5) is 17.6 Å². The Morgan fingerprint density at radius 1 is 1.29 bits per heavy atom. The summed E-state index contributed by atoms with van der Waals surface area (Å²) in [4.78, 5) is 0. The van der Waals surface area contributed by atoms with Gasteiger partial charge in [0.1, 0.15) is 5.82 Å². The van der Waals surface area contributed by atoms with Crippen molar-refractivity contribution in [3.05, 3.63) is 34.6 Å². The van der Waals surface area contributed by atoms with Crippen LogP contribution in [0.15, 0.2) is 18.2 Å². The summed E-state index contributed by atoms with van der Waals surface area (Å²) in [5.41, 5.74) is -0.681. The third kappa shape index (κ3) is 2.16. The summed E-state index contributed by atoms with van der Waals surface area (Å²) in [5, 5.41) is 8.08. The molecular formula is C8H5ClF4O. The van der Waals surface area contributed by atoms with Gasteiger partial charge in [-0.15, -0.1) is 0 Å². The van der Waals surface area contributed by atoms with E-state index in [4.69, 9.17) is 16.7 Å². The van der Waals surface area contributed by atoms with E-state index in [9.17, 15) is 17.6 Å². The summed E-state index contributed by atoms with van der Waals surface area (Å²) in [6, 6.07) is 2.88. The Morgan fingerprint density at radius 3 is 2.36 bits per heavy atom. The van der Waals surface area contributed by atoms with Gasteiger partial charge in [-0.05, 0) is 6.07 Å². The maximum absolute atomic E-state index is 12.7. The lowest BCUT2D eigenvalue weighted by atomic mass is 10.1. The van der Waals surface area contributed by atoms with Crippen LogP contribution in [0.2, 0.25) is 5.02 Å². The molecule has 0 fully saturated rings. The van der Waals surface area contributed by atoms with E-state index in [1.807, 2.05) is 0 Å². The molecule has 0 aliphatic carbocycles. The first-order valence-corrected chi connectivity index (χ1v) is 3.90. The number of rotatable bonds is 1. The van der Waals surface area contributed by atoms with Crippen LogP contribution in [-0.2, 0) is 0 Å². The number of hydrogen-bond acceptors (Lipinski definition) is 1. The summed E-state index contributed by atoms with van der Waals surface area (Å²) in [7, 11) is 0. The highest BCUT2D eigenvalue weighted by molar-refractivity contribution is 6.31. The summed E-state index contributed by atoms with van der Waals surface area (Å²) in [6.07, 6.45) is -7.61. The highest BCUT2D eigenvalue weighted by atomic mass is 35.5. The molecule has 1 atom stereocenters. The summed E-state index contributed by atoms with van der Waals surface area (Å²) < 4.78 is 48.8. The smallest absolute Gasteiger partial charge is 0.379 e. The molecule has 0 aliphatic heterocycles. The quantitative estimate of drug-likeness (QED) is 0.733. The third-order valence-electron chi connectivity index (χ3n) is 1.59. The van der Waals surface area contributed by atoms with Gasteiger partial charge in [-0.25, -0.2) is 4.39 Å². The summed E-state index contributed by atoms with van der Waals surface area (Å²) >= 11 is 5.26. The highest BCUT2D eigenvalue weighted by Gasteiger charge is 2.40. The Kier molecular flexibility index (Phi) is 3.01. The van der Waals surface area contributed by atoms with Crippen molar-refractivity contribution in [3.63, 3.8) is 0 Å². The van der Waals surface area contributed by atoms with E-state index in [-0.39, 0.29) is 0 Å². The van der Waals surface area contributed by atoms with Gasteiger partial charge in [0.05, 0.1) is 5.02 Å². The topological polar surface area (TPSA) is 20.2 Å². The molecule has 6 heteroatoms. The Bertz CT molecular complexity index is 337. The molecule has 1 aromatic carbocycles. The molecule has 1 rings (SSSR count). The second-order valence-corrected chi connectivity index (χ2v) is 2.97. The molecule has 14 heavy (non-hydrogen) atoms. The molecule has 0 heterocycles. The fourth-order valence-corrected chi connectivity index (χ4v) is 1.14. The lowest BCUT2D eigenvalue weighted by Gasteiger charge is -2.15. The zero-order chi connectivity index (χ0) is 10.9. The molecule has 1 unspecified atom stereocenters. The first-order chi connectivity index (χ1) is 6.34. The third-order valence-corrected chi connectivity index (χ3v) is 1.98. The second-order valence-electron chi connectivity index (χ2n) is 2.59. The molecule has 78 valence electrons. The number of benzene rings is 1. The van der Waals surface area contributed by atoms with Gasteiger partial charge in [0.2, 0.25) is 0 Å². The second kappa shape index (κ2) is 3.74. The monoisotopic (exact) mass is 228 g/mol. The molecule has 0 bridgehead atoms. The van der Waals surface area contributed by atoms with Crippen LogP contribution in [0.1, 0.15) is 11.7 Å². The van der Waals surface area contributed by atoms with E-state index in [0.29, 0.717) is 0 Å². The molecular weight excluding hydrogens is 224 g/mol. The minimum atomic E-state index is -4.85. The number of aliphatic hydroxyl groups excluding tert-OH is 1. The lowest BCUT2D eigenvalue weighted by molar-refractivity contribution is -0.206. The van der Waals surface area contributed by atoms with E-state index in [0.717, 1.165) is 18.2 Å². The maximum Gasteiger partial charge on any atom is 0.418 e. The van der Waals surface area contributed by atoms with E-state index < -0.39 is 28.7 Å². The van der Waals surface area contributed by atoms with Crippen molar-refractivity contribution in [2.45, 2.75) is 12.3 Å². The fourth-order valence-electron chi connectivity index (χ4n) is 0.908. The molecule has 0 aliphatic rings. The zero-order valence-corrected chi connectivity index (χ0v) is 7.40. The van der Waals surface area contributed by atoms with Crippen LogP contribution in [0, 0.1) is 5.82 Å². The normalized spacial score (nSPS) is 14.1. The van der Waals surface area contributed by atoms with Crippen LogP contribution in [0.5, 0.6) is 0 Å². The van der Waals surface area contributed by atoms with Crippen molar-refractivity contribution in [1.82, 2.24) is 0 Å². The van der Waals surface area contributed by atoms with Crippen molar-refractivity contribution in [2.24, 2.45) is 0 Å². The highest BCUT2D eigenvalue weighted by Crippen LogP contribution is 2.36. The van der Waals surface area contributed by atoms with Crippen LogP contribution in [0.25, 0.3) is 0 Å². The molecule has 0 amide bonds. The largest absolute Gasteiger partial charge is 0.418 e. The SMILES string of the molecule is OC(c1cccc(F)c1Cl)C(F)(F)F.